The minimum absolute atomic E-state index is 0.142. The molecule has 1 fully saturated rings. The Morgan fingerprint density at radius 3 is 2.69 bits per heavy atom. The molecular weight excluding hydrogens is 202 g/mol. The molecule has 4 heteroatoms. The summed E-state index contributed by atoms with van der Waals surface area (Å²) in [6, 6.07) is 7.84. The molecule has 16 heavy (non-hydrogen) atoms. The van der Waals surface area contributed by atoms with Crippen molar-refractivity contribution in [3.05, 3.63) is 35.4 Å². The van der Waals surface area contributed by atoms with Gasteiger partial charge in [0.2, 0.25) is 0 Å². The van der Waals surface area contributed by atoms with Crippen LogP contribution >= 0.6 is 0 Å². The Morgan fingerprint density at radius 1 is 1.31 bits per heavy atom. The Morgan fingerprint density at radius 2 is 2.00 bits per heavy atom. The zero-order valence-corrected chi connectivity index (χ0v) is 9.28. The molecule has 0 aliphatic carbocycles. The summed E-state index contributed by atoms with van der Waals surface area (Å²) in [5.74, 6) is 0.142. The highest BCUT2D eigenvalue weighted by Crippen LogP contribution is 2.12. The van der Waals surface area contributed by atoms with Crippen molar-refractivity contribution in [3.8, 4) is 0 Å². The predicted molar refractivity (Wildman–Crippen MR) is 63.6 cm³/mol. The van der Waals surface area contributed by atoms with Gasteiger partial charge in [0.1, 0.15) is 5.84 Å². The first-order chi connectivity index (χ1) is 7.77. The molecule has 2 rings (SSSR count). The van der Waals surface area contributed by atoms with Gasteiger partial charge < -0.3 is 10.5 Å². The van der Waals surface area contributed by atoms with Crippen LogP contribution in [0.4, 0.5) is 0 Å². The van der Waals surface area contributed by atoms with E-state index in [1.165, 1.54) is 0 Å². The molecule has 1 heterocycles. The maximum absolute atomic E-state index is 7.53. The van der Waals surface area contributed by atoms with Crippen molar-refractivity contribution >= 4 is 5.84 Å². The van der Waals surface area contributed by atoms with Crippen LogP contribution in [0, 0.1) is 5.41 Å². The van der Waals surface area contributed by atoms with E-state index in [1.54, 1.807) is 0 Å². The van der Waals surface area contributed by atoms with Gasteiger partial charge in [-0.1, -0.05) is 24.3 Å². The number of nitrogens with zero attached hydrogens (tertiary/aromatic N) is 1. The lowest BCUT2D eigenvalue weighted by atomic mass is 10.1. The fraction of sp³-hybridized carbons (Fsp3) is 0.417. The van der Waals surface area contributed by atoms with Gasteiger partial charge in [-0.05, 0) is 5.56 Å². The molecule has 0 aromatic heterocycles. The van der Waals surface area contributed by atoms with Gasteiger partial charge in [-0.25, -0.2) is 0 Å². The number of benzene rings is 1. The lowest BCUT2D eigenvalue weighted by molar-refractivity contribution is 0.0341. The SMILES string of the molecule is N=C(N)c1ccccc1CN1CCOCC1. The third-order valence-corrected chi connectivity index (χ3v) is 2.81. The van der Waals surface area contributed by atoms with E-state index < -0.39 is 0 Å². The Kier molecular flexibility index (Phi) is 3.54. The summed E-state index contributed by atoms with van der Waals surface area (Å²) in [6.45, 7) is 4.34. The molecule has 4 nitrogen and oxygen atoms in total. The first-order valence-electron chi connectivity index (χ1n) is 5.50. The second kappa shape index (κ2) is 5.09. The van der Waals surface area contributed by atoms with Crippen molar-refractivity contribution in [3.63, 3.8) is 0 Å². The van der Waals surface area contributed by atoms with Gasteiger partial charge in [-0.2, -0.15) is 0 Å². The molecule has 1 aromatic carbocycles. The van der Waals surface area contributed by atoms with Gasteiger partial charge in [-0.15, -0.1) is 0 Å². The number of ether oxygens (including phenoxy) is 1. The Bertz CT molecular complexity index is 372. The van der Waals surface area contributed by atoms with Crippen LogP contribution in [0.1, 0.15) is 11.1 Å². The Hall–Kier alpha value is -1.39. The molecule has 0 spiro atoms. The standard InChI is InChI=1S/C12H17N3O/c13-12(14)11-4-2-1-3-10(11)9-15-5-7-16-8-6-15/h1-4H,5-9H2,(H3,13,14). The van der Waals surface area contributed by atoms with Crippen molar-refractivity contribution in [2.75, 3.05) is 26.3 Å². The maximum Gasteiger partial charge on any atom is 0.123 e. The van der Waals surface area contributed by atoms with E-state index in [0.717, 1.165) is 44.0 Å². The smallest absolute Gasteiger partial charge is 0.123 e. The van der Waals surface area contributed by atoms with Crippen LogP contribution in [0.15, 0.2) is 24.3 Å². The van der Waals surface area contributed by atoms with E-state index >= 15 is 0 Å². The van der Waals surface area contributed by atoms with E-state index in [1.807, 2.05) is 24.3 Å². The van der Waals surface area contributed by atoms with Crippen molar-refractivity contribution in [2.45, 2.75) is 6.54 Å². The van der Waals surface area contributed by atoms with Gasteiger partial charge in [0, 0.05) is 25.2 Å². The monoisotopic (exact) mass is 219 g/mol. The number of amidine groups is 1. The molecule has 0 radical (unpaired) electrons. The van der Waals surface area contributed by atoms with E-state index in [9.17, 15) is 0 Å². The van der Waals surface area contributed by atoms with Crippen LogP contribution in [0.3, 0.4) is 0 Å². The summed E-state index contributed by atoms with van der Waals surface area (Å²) in [5, 5.41) is 7.53. The Balaban J connectivity index is 2.10. The van der Waals surface area contributed by atoms with Crippen molar-refractivity contribution < 1.29 is 4.74 Å². The number of nitrogen functional groups attached to an aromatic ring is 1. The van der Waals surface area contributed by atoms with E-state index in [-0.39, 0.29) is 5.84 Å². The summed E-state index contributed by atoms with van der Waals surface area (Å²) in [6.07, 6.45) is 0. The number of rotatable bonds is 3. The summed E-state index contributed by atoms with van der Waals surface area (Å²) >= 11 is 0. The van der Waals surface area contributed by atoms with Crippen molar-refractivity contribution in [1.29, 1.82) is 5.41 Å². The molecule has 1 saturated heterocycles. The fourth-order valence-electron chi connectivity index (χ4n) is 1.92. The maximum atomic E-state index is 7.53. The second-order valence-electron chi connectivity index (χ2n) is 3.96. The van der Waals surface area contributed by atoms with E-state index in [4.69, 9.17) is 15.9 Å². The molecule has 0 amide bonds. The van der Waals surface area contributed by atoms with E-state index in [0.29, 0.717) is 0 Å². The second-order valence-corrected chi connectivity index (χ2v) is 3.96. The Labute approximate surface area is 95.5 Å². The fourth-order valence-corrected chi connectivity index (χ4v) is 1.92. The number of nitrogens with two attached hydrogens (primary N) is 1. The number of hydrogen-bond donors (Lipinski definition) is 2. The van der Waals surface area contributed by atoms with Gasteiger partial charge in [-0.3, -0.25) is 10.3 Å². The van der Waals surface area contributed by atoms with Crippen LogP contribution in [0.25, 0.3) is 0 Å². The highest BCUT2D eigenvalue weighted by atomic mass is 16.5. The first-order valence-corrected chi connectivity index (χ1v) is 5.50. The van der Waals surface area contributed by atoms with Gasteiger partial charge in [0.25, 0.3) is 0 Å². The average Bonchev–Trinajstić information content (AvgIpc) is 2.31. The first kappa shape index (κ1) is 11.1. The zero-order valence-electron chi connectivity index (χ0n) is 9.28. The molecule has 0 saturated carbocycles. The highest BCUT2D eigenvalue weighted by molar-refractivity contribution is 5.96. The zero-order chi connectivity index (χ0) is 11.4. The van der Waals surface area contributed by atoms with Crippen LogP contribution < -0.4 is 5.73 Å². The summed E-state index contributed by atoms with van der Waals surface area (Å²) in [4.78, 5) is 2.32. The minimum Gasteiger partial charge on any atom is -0.384 e. The molecule has 1 aliphatic rings. The number of morpholine rings is 1. The summed E-state index contributed by atoms with van der Waals surface area (Å²) in [5.41, 5.74) is 7.52. The molecule has 1 aromatic rings. The topological polar surface area (TPSA) is 62.3 Å². The molecule has 1 aliphatic heterocycles. The highest BCUT2D eigenvalue weighted by Gasteiger charge is 2.13. The number of hydrogen-bond acceptors (Lipinski definition) is 3. The van der Waals surface area contributed by atoms with Crippen molar-refractivity contribution in [2.24, 2.45) is 5.73 Å². The van der Waals surface area contributed by atoms with E-state index in [2.05, 4.69) is 4.90 Å². The molecule has 86 valence electrons. The quantitative estimate of drug-likeness (QED) is 0.584. The van der Waals surface area contributed by atoms with Crippen LogP contribution in [-0.2, 0) is 11.3 Å². The lowest BCUT2D eigenvalue weighted by Gasteiger charge is -2.27. The normalized spacial score (nSPS) is 17.2. The van der Waals surface area contributed by atoms with Crippen LogP contribution in [0.5, 0.6) is 0 Å². The van der Waals surface area contributed by atoms with Crippen LogP contribution in [-0.4, -0.2) is 37.0 Å². The minimum atomic E-state index is 0.142. The third-order valence-electron chi connectivity index (χ3n) is 2.81. The molecule has 0 unspecified atom stereocenters. The third kappa shape index (κ3) is 2.59. The molecule has 0 bridgehead atoms. The average molecular weight is 219 g/mol. The van der Waals surface area contributed by atoms with Crippen LogP contribution in [0.2, 0.25) is 0 Å². The van der Waals surface area contributed by atoms with Crippen molar-refractivity contribution in [1.82, 2.24) is 4.90 Å². The lowest BCUT2D eigenvalue weighted by Crippen LogP contribution is -2.36. The molecular formula is C12H17N3O. The molecule has 0 atom stereocenters. The summed E-state index contributed by atoms with van der Waals surface area (Å²) in [7, 11) is 0. The molecule has 3 N–H and O–H groups in total. The summed E-state index contributed by atoms with van der Waals surface area (Å²) < 4.78 is 5.31. The van der Waals surface area contributed by atoms with Gasteiger partial charge in [0.05, 0.1) is 13.2 Å². The van der Waals surface area contributed by atoms with Gasteiger partial charge >= 0.3 is 0 Å². The van der Waals surface area contributed by atoms with Gasteiger partial charge in [0.15, 0.2) is 0 Å². The number of nitrogens with one attached hydrogen (secondary N) is 1. The predicted octanol–water partition coefficient (Wildman–Crippen LogP) is 0.803. The largest absolute Gasteiger partial charge is 0.384 e.